The number of carbonyl (C=O) groups excluding carboxylic acids is 1. The highest BCUT2D eigenvalue weighted by Gasteiger charge is 2.25. The second-order valence-corrected chi connectivity index (χ2v) is 2.74. The van der Waals surface area contributed by atoms with Crippen LogP contribution in [0.15, 0.2) is 0 Å². The zero-order valence-corrected chi connectivity index (χ0v) is 6.79. The van der Waals surface area contributed by atoms with E-state index in [1.165, 1.54) is 0 Å². The van der Waals surface area contributed by atoms with Gasteiger partial charge in [0.25, 0.3) is 6.47 Å². The van der Waals surface area contributed by atoms with Gasteiger partial charge in [-0.25, -0.2) is 0 Å². The summed E-state index contributed by atoms with van der Waals surface area (Å²) in [6, 6.07) is 0. The van der Waals surface area contributed by atoms with Gasteiger partial charge in [-0.05, 0) is 19.8 Å². The Balaban J connectivity index is 2.17. The average Bonchev–Trinajstić information content (AvgIpc) is 2.38. The van der Waals surface area contributed by atoms with Crippen LogP contribution in [-0.4, -0.2) is 25.3 Å². The van der Waals surface area contributed by atoms with E-state index < -0.39 is 0 Å². The third-order valence-corrected chi connectivity index (χ3v) is 1.99. The largest absolute Gasteiger partial charge is 0.464 e. The number of rotatable bonds is 4. The van der Waals surface area contributed by atoms with Gasteiger partial charge in [0.2, 0.25) is 0 Å². The Kier molecular flexibility index (Phi) is 3.36. The summed E-state index contributed by atoms with van der Waals surface area (Å²) in [6.45, 7) is 3.26. The molecular formula is C8H14O3. The molecule has 3 nitrogen and oxygen atoms in total. The summed E-state index contributed by atoms with van der Waals surface area (Å²) in [5.41, 5.74) is 0. The minimum absolute atomic E-state index is 0.101. The van der Waals surface area contributed by atoms with Gasteiger partial charge >= 0.3 is 0 Å². The maximum Gasteiger partial charge on any atom is 0.293 e. The van der Waals surface area contributed by atoms with Gasteiger partial charge in [0.15, 0.2) is 0 Å². The maximum atomic E-state index is 9.96. The van der Waals surface area contributed by atoms with Crippen LogP contribution in [0.2, 0.25) is 0 Å². The van der Waals surface area contributed by atoms with Gasteiger partial charge < -0.3 is 9.47 Å². The van der Waals surface area contributed by atoms with Gasteiger partial charge in [0, 0.05) is 13.0 Å². The Hall–Kier alpha value is -0.570. The van der Waals surface area contributed by atoms with E-state index in [0.29, 0.717) is 12.6 Å². The lowest BCUT2D eigenvalue weighted by Gasteiger charge is -2.09. The maximum absolute atomic E-state index is 9.96. The van der Waals surface area contributed by atoms with E-state index in [1.807, 2.05) is 6.92 Å². The fourth-order valence-corrected chi connectivity index (χ4v) is 1.49. The molecule has 0 amide bonds. The molecule has 1 aliphatic rings. The van der Waals surface area contributed by atoms with Crippen molar-refractivity contribution >= 4 is 6.47 Å². The lowest BCUT2D eigenvalue weighted by Crippen LogP contribution is -2.11. The zero-order chi connectivity index (χ0) is 8.10. The van der Waals surface area contributed by atoms with E-state index in [1.54, 1.807) is 0 Å². The summed E-state index contributed by atoms with van der Waals surface area (Å²) < 4.78 is 10.2. The minimum atomic E-state index is 0.101. The number of ether oxygens (including phenoxy) is 2. The first kappa shape index (κ1) is 8.53. The van der Waals surface area contributed by atoms with Crippen LogP contribution in [0.3, 0.4) is 0 Å². The summed E-state index contributed by atoms with van der Waals surface area (Å²) in [7, 11) is 0. The lowest BCUT2D eigenvalue weighted by atomic mass is 10.3. The molecule has 0 heterocycles. The molecule has 11 heavy (non-hydrogen) atoms. The van der Waals surface area contributed by atoms with Crippen molar-refractivity contribution in [2.75, 3.05) is 6.61 Å². The highest BCUT2D eigenvalue weighted by Crippen LogP contribution is 2.23. The van der Waals surface area contributed by atoms with Crippen LogP contribution in [0, 0.1) is 0 Å². The van der Waals surface area contributed by atoms with Crippen LogP contribution in [0.1, 0.15) is 26.2 Å². The molecular weight excluding hydrogens is 144 g/mol. The molecule has 0 aliphatic heterocycles. The first-order valence-corrected chi connectivity index (χ1v) is 4.07. The first-order chi connectivity index (χ1) is 5.36. The average molecular weight is 158 g/mol. The molecule has 1 aliphatic carbocycles. The van der Waals surface area contributed by atoms with Crippen molar-refractivity contribution in [2.45, 2.75) is 38.4 Å². The smallest absolute Gasteiger partial charge is 0.293 e. The molecule has 64 valence electrons. The van der Waals surface area contributed by atoms with Gasteiger partial charge in [0.05, 0.1) is 6.10 Å². The summed E-state index contributed by atoms with van der Waals surface area (Å²) in [5.74, 6) is 0. The van der Waals surface area contributed by atoms with Gasteiger partial charge in [-0.15, -0.1) is 0 Å². The molecule has 1 rings (SSSR count). The van der Waals surface area contributed by atoms with Crippen LogP contribution in [0.4, 0.5) is 0 Å². The van der Waals surface area contributed by atoms with Gasteiger partial charge in [-0.2, -0.15) is 0 Å². The molecule has 0 aromatic carbocycles. The van der Waals surface area contributed by atoms with Crippen molar-refractivity contribution in [3.05, 3.63) is 0 Å². The number of hydrogen-bond acceptors (Lipinski definition) is 3. The van der Waals surface area contributed by atoms with E-state index in [-0.39, 0.29) is 6.10 Å². The van der Waals surface area contributed by atoms with E-state index in [9.17, 15) is 4.79 Å². The molecule has 0 N–H and O–H groups in total. The van der Waals surface area contributed by atoms with E-state index in [2.05, 4.69) is 0 Å². The monoisotopic (exact) mass is 158 g/mol. The van der Waals surface area contributed by atoms with Crippen molar-refractivity contribution in [2.24, 2.45) is 0 Å². The second-order valence-electron chi connectivity index (χ2n) is 2.74. The minimum Gasteiger partial charge on any atom is -0.464 e. The predicted molar refractivity (Wildman–Crippen MR) is 40.2 cm³/mol. The zero-order valence-electron chi connectivity index (χ0n) is 6.79. The molecule has 0 aromatic rings. The van der Waals surface area contributed by atoms with Crippen LogP contribution in [-0.2, 0) is 14.3 Å². The first-order valence-electron chi connectivity index (χ1n) is 4.07. The Labute approximate surface area is 66.7 Å². The van der Waals surface area contributed by atoms with Gasteiger partial charge in [-0.3, -0.25) is 4.79 Å². The van der Waals surface area contributed by atoms with Crippen molar-refractivity contribution in [3.63, 3.8) is 0 Å². The quantitative estimate of drug-likeness (QED) is 0.575. The Morgan fingerprint density at radius 3 is 2.82 bits per heavy atom. The lowest BCUT2D eigenvalue weighted by molar-refractivity contribution is -0.133. The van der Waals surface area contributed by atoms with Crippen LogP contribution >= 0.6 is 0 Å². The highest BCUT2D eigenvalue weighted by molar-refractivity contribution is 5.37. The van der Waals surface area contributed by atoms with Gasteiger partial charge in [-0.1, -0.05) is 0 Å². The molecule has 0 radical (unpaired) electrons. The van der Waals surface area contributed by atoms with E-state index in [0.717, 1.165) is 25.9 Å². The Morgan fingerprint density at radius 2 is 2.18 bits per heavy atom. The molecule has 2 unspecified atom stereocenters. The number of carbonyl (C=O) groups is 1. The van der Waals surface area contributed by atoms with Crippen molar-refractivity contribution < 1.29 is 14.3 Å². The molecule has 2 atom stereocenters. The molecule has 1 saturated carbocycles. The van der Waals surface area contributed by atoms with Crippen molar-refractivity contribution in [1.82, 2.24) is 0 Å². The summed E-state index contributed by atoms with van der Waals surface area (Å²) in [4.78, 5) is 9.96. The normalized spacial score (nSPS) is 30.3. The van der Waals surface area contributed by atoms with Crippen LogP contribution in [0.25, 0.3) is 0 Å². The predicted octanol–water partition coefficient (Wildman–Crippen LogP) is 1.12. The summed E-state index contributed by atoms with van der Waals surface area (Å²) >= 11 is 0. The number of hydrogen-bond donors (Lipinski definition) is 0. The molecule has 3 heteroatoms. The van der Waals surface area contributed by atoms with Crippen LogP contribution < -0.4 is 0 Å². The van der Waals surface area contributed by atoms with Crippen molar-refractivity contribution in [1.29, 1.82) is 0 Å². The second kappa shape index (κ2) is 4.34. The molecule has 0 bridgehead atoms. The van der Waals surface area contributed by atoms with Crippen molar-refractivity contribution in [3.8, 4) is 0 Å². The van der Waals surface area contributed by atoms with Gasteiger partial charge in [0.1, 0.15) is 6.10 Å². The van der Waals surface area contributed by atoms with E-state index >= 15 is 0 Å². The summed E-state index contributed by atoms with van der Waals surface area (Å²) in [6.07, 6.45) is 3.25. The molecule has 0 saturated heterocycles. The SMILES string of the molecule is CCOC1CCC(OC=O)C1. The topological polar surface area (TPSA) is 35.5 Å². The standard InChI is InChI=1S/C8H14O3/c1-2-10-7-3-4-8(5-7)11-6-9/h6-8H,2-5H2,1H3. The fraction of sp³-hybridized carbons (Fsp3) is 0.875. The Morgan fingerprint density at radius 1 is 1.45 bits per heavy atom. The molecule has 0 aromatic heterocycles. The summed E-state index contributed by atoms with van der Waals surface area (Å²) in [5, 5.41) is 0. The molecule has 0 spiro atoms. The third kappa shape index (κ3) is 2.50. The molecule has 1 fully saturated rings. The Bertz CT molecular complexity index is 125. The highest BCUT2D eigenvalue weighted by atomic mass is 16.5. The fourth-order valence-electron chi connectivity index (χ4n) is 1.49. The van der Waals surface area contributed by atoms with Crippen LogP contribution in [0.5, 0.6) is 0 Å². The van der Waals surface area contributed by atoms with E-state index in [4.69, 9.17) is 9.47 Å². The third-order valence-electron chi connectivity index (χ3n) is 1.99.